The van der Waals surface area contributed by atoms with Crippen molar-refractivity contribution in [2.45, 2.75) is 47.1 Å². The van der Waals surface area contributed by atoms with Gasteiger partial charge >= 0.3 is 0 Å². The first-order valence-electron chi connectivity index (χ1n) is 11.3. The normalized spacial score (nSPS) is 15.6. The molecule has 2 aromatic carbocycles. The van der Waals surface area contributed by atoms with Crippen molar-refractivity contribution in [3.05, 3.63) is 58.0 Å². The molecule has 1 aliphatic heterocycles. The summed E-state index contributed by atoms with van der Waals surface area (Å²) >= 11 is 0.813. The van der Waals surface area contributed by atoms with Crippen molar-refractivity contribution in [1.29, 1.82) is 0 Å². The molecule has 0 aromatic heterocycles. The van der Waals surface area contributed by atoms with Crippen LogP contribution >= 0.6 is 11.8 Å². The molecule has 180 valence electrons. The predicted molar refractivity (Wildman–Crippen MR) is 135 cm³/mol. The van der Waals surface area contributed by atoms with Gasteiger partial charge < -0.3 is 14.8 Å². The van der Waals surface area contributed by atoms with Crippen molar-refractivity contribution < 1.29 is 23.9 Å². The van der Waals surface area contributed by atoms with Gasteiger partial charge in [0.05, 0.1) is 17.6 Å². The highest BCUT2D eigenvalue weighted by Gasteiger charge is 2.36. The number of aryl methyl sites for hydroxylation is 2. The smallest absolute Gasteiger partial charge is 0.294 e. The minimum absolute atomic E-state index is 0.0385. The number of amides is 3. The van der Waals surface area contributed by atoms with E-state index in [0.717, 1.165) is 34.2 Å². The Labute approximate surface area is 204 Å². The summed E-state index contributed by atoms with van der Waals surface area (Å²) < 4.78 is 11.6. The van der Waals surface area contributed by atoms with E-state index in [4.69, 9.17) is 9.47 Å². The first kappa shape index (κ1) is 25.4. The largest absolute Gasteiger partial charge is 0.490 e. The maximum Gasteiger partial charge on any atom is 0.294 e. The van der Waals surface area contributed by atoms with Crippen LogP contribution in [0.5, 0.6) is 11.5 Å². The van der Waals surface area contributed by atoms with Gasteiger partial charge in [0.15, 0.2) is 11.5 Å². The summed E-state index contributed by atoms with van der Waals surface area (Å²) in [6.45, 7) is 9.96. The van der Waals surface area contributed by atoms with E-state index in [-0.39, 0.29) is 17.6 Å². The van der Waals surface area contributed by atoms with Crippen LogP contribution in [0.3, 0.4) is 0 Å². The van der Waals surface area contributed by atoms with E-state index in [1.165, 1.54) is 0 Å². The van der Waals surface area contributed by atoms with Gasteiger partial charge in [-0.3, -0.25) is 19.3 Å². The Morgan fingerprint density at radius 3 is 2.53 bits per heavy atom. The van der Waals surface area contributed by atoms with Crippen LogP contribution in [0, 0.1) is 13.8 Å². The fourth-order valence-corrected chi connectivity index (χ4v) is 4.07. The van der Waals surface area contributed by atoms with Crippen molar-refractivity contribution in [2.75, 3.05) is 18.5 Å². The van der Waals surface area contributed by atoms with Crippen LogP contribution in [-0.2, 0) is 9.59 Å². The average Bonchev–Trinajstić information content (AvgIpc) is 3.05. The number of carbonyl (C=O) groups excluding carboxylic acids is 3. The molecule has 34 heavy (non-hydrogen) atoms. The molecule has 1 fully saturated rings. The maximum atomic E-state index is 12.8. The summed E-state index contributed by atoms with van der Waals surface area (Å²) in [5, 5.41) is 2.27. The quantitative estimate of drug-likeness (QED) is 0.472. The molecule has 1 saturated heterocycles. The van der Waals surface area contributed by atoms with Crippen molar-refractivity contribution in [2.24, 2.45) is 0 Å². The molecule has 3 amide bonds. The van der Waals surface area contributed by atoms with Crippen LogP contribution in [0.2, 0.25) is 0 Å². The first-order valence-corrected chi connectivity index (χ1v) is 12.1. The van der Waals surface area contributed by atoms with Crippen LogP contribution in [0.15, 0.2) is 41.3 Å². The van der Waals surface area contributed by atoms with Gasteiger partial charge in [-0.25, -0.2) is 0 Å². The topological polar surface area (TPSA) is 84.9 Å². The fraction of sp³-hybridized carbons (Fsp3) is 0.346. The molecule has 0 bridgehead atoms. The fourth-order valence-electron chi connectivity index (χ4n) is 3.23. The van der Waals surface area contributed by atoms with Gasteiger partial charge in [0.25, 0.3) is 11.1 Å². The zero-order valence-corrected chi connectivity index (χ0v) is 21.0. The molecular formula is C26H30N2O5S. The lowest BCUT2D eigenvalue weighted by Crippen LogP contribution is -2.36. The minimum Gasteiger partial charge on any atom is -0.490 e. The standard InChI is InChI=1S/C26H30N2O5S/c1-6-18(5)33-21-11-9-19(13-22(21)32-7-2)14-23-25(30)28(26(31)34-23)15-24(29)27-20-10-8-16(3)17(4)12-20/h8-14,18H,6-7,15H2,1-5H3,(H,27,29)/b23-14-/t18-/m0/s1. The van der Waals surface area contributed by atoms with Gasteiger partial charge in [-0.1, -0.05) is 19.1 Å². The summed E-state index contributed by atoms with van der Waals surface area (Å²) in [5.74, 6) is 0.271. The predicted octanol–water partition coefficient (Wildman–Crippen LogP) is 5.55. The lowest BCUT2D eigenvalue weighted by Gasteiger charge is -2.16. The van der Waals surface area contributed by atoms with Gasteiger partial charge in [0.2, 0.25) is 5.91 Å². The second kappa shape index (κ2) is 11.2. The number of imide groups is 1. The second-order valence-electron chi connectivity index (χ2n) is 8.09. The van der Waals surface area contributed by atoms with E-state index >= 15 is 0 Å². The Hall–Kier alpha value is -3.26. The maximum absolute atomic E-state index is 12.8. The van der Waals surface area contributed by atoms with Crippen molar-refractivity contribution >= 4 is 40.6 Å². The third kappa shape index (κ3) is 6.20. The number of hydrogen-bond acceptors (Lipinski definition) is 6. The molecule has 0 saturated carbocycles. The van der Waals surface area contributed by atoms with Gasteiger partial charge in [0.1, 0.15) is 6.54 Å². The lowest BCUT2D eigenvalue weighted by atomic mass is 10.1. The Morgan fingerprint density at radius 2 is 1.85 bits per heavy atom. The van der Waals surface area contributed by atoms with Crippen LogP contribution in [-0.4, -0.2) is 41.2 Å². The minimum atomic E-state index is -0.497. The van der Waals surface area contributed by atoms with E-state index in [1.54, 1.807) is 30.3 Å². The van der Waals surface area contributed by atoms with E-state index in [1.807, 2.05) is 46.8 Å². The number of thioether (sulfide) groups is 1. The molecular weight excluding hydrogens is 452 g/mol. The van der Waals surface area contributed by atoms with E-state index in [2.05, 4.69) is 5.32 Å². The summed E-state index contributed by atoms with van der Waals surface area (Å²) in [6, 6.07) is 10.9. The number of benzene rings is 2. The number of carbonyl (C=O) groups is 3. The summed E-state index contributed by atoms with van der Waals surface area (Å²) in [5.41, 5.74) is 3.48. The number of hydrogen-bond donors (Lipinski definition) is 1. The van der Waals surface area contributed by atoms with Crippen LogP contribution < -0.4 is 14.8 Å². The van der Waals surface area contributed by atoms with Crippen molar-refractivity contribution in [3.8, 4) is 11.5 Å². The molecule has 7 nitrogen and oxygen atoms in total. The molecule has 1 N–H and O–H groups in total. The third-order valence-corrected chi connectivity index (χ3v) is 6.34. The first-order chi connectivity index (χ1) is 16.2. The molecule has 8 heteroatoms. The lowest BCUT2D eigenvalue weighted by molar-refractivity contribution is -0.127. The Morgan fingerprint density at radius 1 is 1.09 bits per heavy atom. The number of rotatable bonds is 9. The van der Waals surface area contributed by atoms with Crippen molar-refractivity contribution in [3.63, 3.8) is 0 Å². The van der Waals surface area contributed by atoms with E-state index < -0.39 is 17.1 Å². The molecule has 1 atom stereocenters. The molecule has 0 radical (unpaired) electrons. The number of ether oxygens (including phenoxy) is 2. The van der Waals surface area contributed by atoms with Crippen LogP contribution in [0.4, 0.5) is 10.5 Å². The third-order valence-electron chi connectivity index (χ3n) is 5.43. The molecule has 0 spiro atoms. The van der Waals surface area contributed by atoms with Crippen LogP contribution in [0.1, 0.15) is 43.9 Å². The van der Waals surface area contributed by atoms with Crippen molar-refractivity contribution in [1.82, 2.24) is 4.90 Å². The molecule has 1 heterocycles. The second-order valence-corrected chi connectivity index (χ2v) is 9.08. The van der Waals surface area contributed by atoms with E-state index in [0.29, 0.717) is 29.4 Å². The van der Waals surface area contributed by atoms with Gasteiger partial charge in [0, 0.05) is 5.69 Å². The van der Waals surface area contributed by atoms with Gasteiger partial charge in [-0.2, -0.15) is 0 Å². The molecule has 3 rings (SSSR count). The number of nitrogens with one attached hydrogen (secondary N) is 1. The highest BCUT2D eigenvalue weighted by molar-refractivity contribution is 8.18. The molecule has 2 aromatic rings. The van der Waals surface area contributed by atoms with Gasteiger partial charge in [-0.05, 0) is 92.9 Å². The highest BCUT2D eigenvalue weighted by Crippen LogP contribution is 2.35. The molecule has 0 aliphatic carbocycles. The molecule has 0 unspecified atom stereocenters. The SMILES string of the molecule is CCOc1cc(/C=C2\SC(=O)N(CC(=O)Nc3ccc(C)c(C)c3)C2=O)ccc1O[C@@H](C)CC. The zero-order chi connectivity index (χ0) is 24.8. The summed E-state index contributed by atoms with van der Waals surface area (Å²) in [7, 11) is 0. The Bertz CT molecular complexity index is 1130. The summed E-state index contributed by atoms with van der Waals surface area (Å²) in [6.07, 6.45) is 2.52. The average molecular weight is 483 g/mol. The number of anilines is 1. The highest BCUT2D eigenvalue weighted by atomic mass is 32.2. The van der Waals surface area contributed by atoms with E-state index in [9.17, 15) is 14.4 Å². The van der Waals surface area contributed by atoms with Gasteiger partial charge in [-0.15, -0.1) is 0 Å². The molecule has 1 aliphatic rings. The summed E-state index contributed by atoms with van der Waals surface area (Å²) in [4.78, 5) is 39.0. The van der Waals surface area contributed by atoms with Crippen LogP contribution in [0.25, 0.3) is 6.08 Å². The Balaban J connectivity index is 1.72. The zero-order valence-electron chi connectivity index (χ0n) is 20.1. The Kier molecular flexibility index (Phi) is 8.39. The monoisotopic (exact) mass is 482 g/mol. The number of nitrogens with zero attached hydrogens (tertiary/aromatic N) is 1.